The van der Waals surface area contributed by atoms with Gasteiger partial charge in [-0.05, 0) is 54.8 Å². The van der Waals surface area contributed by atoms with Crippen LogP contribution >= 0.6 is 23.1 Å². The van der Waals surface area contributed by atoms with Gasteiger partial charge in [0, 0.05) is 12.2 Å². The number of nitrogens with zero attached hydrogens (tertiary/aromatic N) is 2. The maximum Gasteiger partial charge on any atom is 0.230 e. The number of benzene rings is 2. The number of nitrogens with one attached hydrogen (secondary N) is 2. The summed E-state index contributed by atoms with van der Waals surface area (Å²) >= 11 is 2.81. The molecule has 28 heavy (non-hydrogen) atoms. The minimum Gasteiger partial charge on any atom is -0.497 e. The van der Waals surface area contributed by atoms with Crippen molar-refractivity contribution in [3.63, 3.8) is 0 Å². The molecular formula is C20H22N4O2S2. The van der Waals surface area contributed by atoms with Crippen molar-refractivity contribution in [2.24, 2.45) is 0 Å². The molecule has 0 spiro atoms. The summed E-state index contributed by atoms with van der Waals surface area (Å²) in [5, 5.41) is 15.2. The minimum atomic E-state index is -0.0420. The number of aryl methyl sites for hydroxylation is 2. The highest BCUT2D eigenvalue weighted by atomic mass is 32.2. The Labute approximate surface area is 172 Å². The van der Waals surface area contributed by atoms with E-state index in [1.165, 1.54) is 34.2 Å². The van der Waals surface area contributed by atoms with Gasteiger partial charge in [-0.1, -0.05) is 41.3 Å². The normalized spacial score (nSPS) is 10.5. The van der Waals surface area contributed by atoms with Gasteiger partial charge in [-0.25, -0.2) is 0 Å². The van der Waals surface area contributed by atoms with Crippen LogP contribution in [-0.4, -0.2) is 29.0 Å². The van der Waals surface area contributed by atoms with Crippen molar-refractivity contribution in [3.8, 4) is 5.75 Å². The zero-order valence-electron chi connectivity index (χ0n) is 16.0. The molecule has 3 aromatic rings. The topological polar surface area (TPSA) is 76.1 Å². The van der Waals surface area contributed by atoms with E-state index < -0.39 is 0 Å². The van der Waals surface area contributed by atoms with Crippen LogP contribution < -0.4 is 15.4 Å². The van der Waals surface area contributed by atoms with Crippen molar-refractivity contribution in [1.82, 2.24) is 15.5 Å². The minimum absolute atomic E-state index is 0.0420. The quantitative estimate of drug-likeness (QED) is 0.535. The number of thioether (sulfide) groups is 1. The van der Waals surface area contributed by atoms with E-state index >= 15 is 0 Å². The smallest absolute Gasteiger partial charge is 0.230 e. The number of ether oxygens (including phenoxy) is 1. The van der Waals surface area contributed by atoms with Gasteiger partial charge in [0.1, 0.15) is 5.75 Å². The zero-order chi connectivity index (χ0) is 19.9. The van der Waals surface area contributed by atoms with Gasteiger partial charge in [-0.3, -0.25) is 4.79 Å². The first kappa shape index (κ1) is 20.2. The van der Waals surface area contributed by atoms with Gasteiger partial charge in [0.2, 0.25) is 11.0 Å². The third-order valence-corrected chi connectivity index (χ3v) is 6.11. The fourth-order valence-corrected chi connectivity index (χ4v) is 3.99. The van der Waals surface area contributed by atoms with Gasteiger partial charge < -0.3 is 15.4 Å². The lowest BCUT2D eigenvalue weighted by Crippen LogP contribution is -2.24. The SMILES string of the molecule is COc1ccc(CNC(=O)CSc2nnc(Nc3ccc(C)c(C)c3)s2)cc1. The second kappa shape index (κ2) is 9.57. The molecule has 0 bridgehead atoms. The molecule has 0 saturated heterocycles. The van der Waals surface area contributed by atoms with Crippen molar-refractivity contribution >= 4 is 39.8 Å². The highest BCUT2D eigenvalue weighted by molar-refractivity contribution is 8.01. The van der Waals surface area contributed by atoms with E-state index in [1.54, 1.807) is 7.11 Å². The lowest BCUT2D eigenvalue weighted by Gasteiger charge is -2.05. The predicted molar refractivity (Wildman–Crippen MR) is 115 cm³/mol. The average Bonchev–Trinajstić information content (AvgIpc) is 3.15. The van der Waals surface area contributed by atoms with Crippen LogP contribution in [0.2, 0.25) is 0 Å². The van der Waals surface area contributed by atoms with Gasteiger partial charge in [-0.15, -0.1) is 10.2 Å². The van der Waals surface area contributed by atoms with Gasteiger partial charge >= 0.3 is 0 Å². The van der Waals surface area contributed by atoms with E-state index in [-0.39, 0.29) is 5.91 Å². The molecule has 3 rings (SSSR count). The van der Waals surface area contributed by atoms with Crippen molar-refractivity contribution < 1.29 is 9.53 Å². The molecular weight excluding hydrogens is 392 g/mol. The van der Waals surface area contributed by atoms with Crippen LogP contribution in [0.3, 0.4) is 0 Å². The summed E-state index contributed by atoms with van der Waals surface area (Å²) < 4.78 is 5.88. The van der Waals surface area contributed by atoms with Crippen molar-refractivity contribution in [2.75, 3.05) is 18.2 Å². The Hall–Kier alpha value is -2.58. The molecule has 1 amide bonds. The van der Waals surface area contributed by atoms with Crippen LogP contribution in [0.1, 0.15) is 16.7 Å². The lowest BCUT2D eigenvalue weighted by molar-refractivity contribution is -0.118. The van der Waals surface area contributed by atoms with E-state index in [1.807, 2.05) is 30.3 Å². The third-order valence-electron chi connectivity index (χ3n) is 4.14. The standard InChI is InChI=1S/C20H22N4O2S2/c1-13-4-7-16(10-14(13)2)22-19-23-24-20(28-19)27-12-18(25)21-11-15-5-8-17(26-3)9-6-15/h4-10H,11-12H2,1-3H3,(H,21,25)(H,22,23). The largest absolute Gasteiger partial charge is 0.497 e. The van der Waals surface area contributed by atoms with Crippen LogP contribution in [0.5, 0.6) is 5.75 Å². The lowest BCUT2D eigenvalue weighted by atomic mass is 10.1. The molecule has 8 heteroatoms. The molecule has 0 unspecified atom stereocenters. The number of aromatic nitrogens is 2. The Balaban J connectivity index is 1.45. The second-order valence-corrected chi connectivity index (χ2v) is 8.41. The van der Waals surface area contributed by atoms with Crippen LogP contribution in [-0.2, 0) is 11.3 Å². The number of amides is 1. The number of carbonyl (C=O) groups is 1. The van der Waals surface area contributed by atoms with Crippen LogP contribution in [0.15, 0.2) is 46.8 Å². The molecule has 146 valence electrons. The molecule has 0 saturated carbocycles. The van der Waals surface area contributed by atoms with E-state index in [4.69, 9.17) is 4.74 Å². The van der Waals surface area contributed by atoms with E-state index in [2.05, 4.69) is 46.8 Å². The number of carbonyl (C=O) groups excluding carboxylic acids is 1. The number of methoxy groups -OCH3 is 1. The molecule has 0 radical (unpaired) electrons. The van der Waals surface area contributed by atoms with Gasteiger partial charge in [0.05, 0.1) is 12.9 Å². The van der Waals surface area contributed by atoms with E-state index in [9.17, 15) is 4.79 Å². The van der Waals surface area contributed by atoms with E-state index in [0.29, 0.717) is 17.4 Å². The average molecular weight is 415 g/mol. The molecule has 0 aliphatic carbocycles. The Morgan fingerprint density at radius 3 is 2.61 bits per heavy atom. The summed E-state index contributed by atoms with van der Waals surface area (Å²) in [5.74, 6) is 1.06. The Morgan fingerprint density at radius 1 is 1.11 bits per heavy atom. The first-order valence-electron chi connectivity index (χ1n) is 8.73. The summed E-state index contributed by atoms with van der Waals surface area (Å²) in [7, 11) is 1.63. The highest BCUT2D eigenvalue weighted by Gasteiger charge is 2.09. The van der Waals surface area contributed by atoms with Gasteiger partial charge in [-0.2, -0.15) is 0 Å². The molecule has 0 aliphatic heterocycles. The monoisotopic (exact) mass is 414 g/mol. The fraction of sp³-hybridized carbons (Fsp3) is 0.250. The number of rotatable bonds is 8. The Bertz CT molecular complexity index is 942. The molecule has 2 N–H and O–H groups in total. The molecule has 6 nitrogen and oxygen atoms in total. The molecule has 1 aromatic heterocycles. The maximum absolute atomic E-state index is 12.1. The van der Waals surface area contributed by atoms with Crippen LogP contribution in [0.25, 0.3) is 0 Å². The first-order chi connectivity index (χ1) is 13.5. The summed E-state index contributed by atoms with van der Waals surface area (Å²) in [5.41, 5.74) is 4.47. The Kier molecular flexibility index (Phi) is 6.89. The summed E-state index contributed by atoms with van der Waals surface area (Å²) in [6.07, 6.45) is 0. The zero-order valence-corrected chi connectivity index (χ0v) is 17.6. The molecule has 2 aromatic carbocycles. The number of hydrogen-bond acceptors (Lipinski definition) is 7. The van der Waals surface area contributed by atoms with Crippen LogP contribution in [0.4, 0.5) is 10.8 Å². The molecule has 1 heterocycles. The first-order valence-corrected chi connectivity index (χ1v) is 10.5. The second-order valence-electron chi connectivity index (χ2n) is 6.21. The van der Waals surface area contributed by atoms with Crippen LogP contribution in [0, 0.1) is 13.8 Å². The summed E-state index contributed by atoms with van der Waals surface area (Å²) in [4.78, 5) is 12.1. The molecule has 0 aliphatic rings. The number of anilines is 2. The van der Waals surface area contributed by atoms with Gasteiger partial charge in [0.15, 0.2) is 4.34 Å². The predicted octanol–water partition coefficient (Wildman–Crippen LogP) is 4.32. The van der Waals surface area contributed by atoms with Gasteiger partial charge in [0.25, 0.3) is 0 Å². The third kappa shape index (κ3) is 5.71. The Morgan fingerprint density at radius 2 is 1.89 bits per heavy atom. The number of hydrogen-bond donors (Lipinski definition) is 2. The highest BCUT2D eigenvalue weighted by Crippen LogP contribution is 2.28. The van der Waals surface area contributed by atoms with Crippen molar-refractivity contribution in [3.05, 3.63) is 59.2 Å². The summed E-state index contributed by atoms with van der Waals surface area (Å²) in [6, 6.07) is 13.8. The molecule has 0 fully saturated rings. The summed E-state index contributed by atoms with van der Waals surface area (Å²) in [6.45, 7) is 4.64. The van der Waals surface area contributed by atoms with Crippen molar-refractivity contribution in [2.45, 2.75) is 24.7 Å². The molecule has 0 atom stereocenters. The maximum atomic E-state index is 12.1. The fourth-order valence-electron chi connectivity index (χ4n) is 2.38. The van der Waals surface area contributed by atoms with Crippen molar-refractivity contribution in [1.29, 1.82) is 0 Å². The van der Waals surface area contributed by atoms with E-state index in [0.717, 1.165) is 21.3 Å².